The van der Waals surface area contributed by atoms with Crippen LogP contribution in [0.2, 0.25) is 0 Å². The van der Waals surface area contributed by atoms with E-state index in [0.29, 0.717) is 0 Å². The standard InChI is InChI=1S/C13H21N3O.ClH/c1-15-5-7-16(8-6-15)10-11-9-12(14)3-4-13(11)17-2;/h3-4,9H,5-8,10,14H2,1-2H3;1H. The van der Waals surface area contributed by atoms with Crippen molar-refractivity contribution in [2.75, 3.05) is 46.1 Å². The smallest absolute Gasteiger partial charge is 0.123 e. The Morgan fingerprint density at radius 3 is 2.50 bits per heavy atom. The first kappa shape index (κ1) is 15.1. The number of nitrogens with two attached hydrogens (primary N) is 1. The predicted octanol–water partition coefficient (Wildman–Crippen LogP) is 1.45. The minimum absolute atomic E-state index is 0. The van der Waals surface area contributed by atoms with Crippen LogP contribution >= 0.6 is 12.4 Å². The molecule has 0 bridgehead atoms. The molecule has 0 radical (unpaired) electrons. The quantitative estimate of drug-likeness (QED) is 0.845. The van der Waals surface area contributed by atoms with E-state index in [1.165, 1.54) is 5.56 Å². The van der Waals surface area contributed by atoms with Crippen molar-refractivity contribution < 1.29 is 4.74 Å². The van der Waals surface area contributed by atoms with E-state index >= 15 is 0 Å². The van der Waals surface area contributed by atoms with Crippen molar-refractivity contribution in [3.8, 4) is 5.75 Å². The molecule has 1 aliphatic rings. The summed E-state index contributed by atoms with van der Waals surface area (Å²) in [6, 6.07) is 5.84. The Hall–Kier alpha value is -0.970. The summed E-state index contributed by atoms with van der Waals surface area (Å²) >= 11 is 0. The fraction of sp³-hybridized carbons (Fsp3) is 0.538. The second-order valence-electron chi connectivity index (χ2n) is 4.65. The summed E-state index contributed by atoms with van der Waals surface area (Å²) in [5.74, 6) is 0.929. The number of halogens is 1. The number of hydrogen-bond acceptors (Lipinski definition) is 4. The molecule has 0 aliphatic carbocycles. The Morgan fingerprint density at radius 2 is 1.89 bits per heavy atom. The lowest BCUT2D eigenvalue weighted by atomic mass is 10.1. The summed E-state index contributed by atoms with van der Waals surface area (Å²) in [5.41, 5.74) is 7.81. The van der Waals surface area contributed by atoms with Crippen LogP contribution in [-0.2, 0) is 6.54 Å². The maximum absolute atomic E-state index is 5.83. The van der Waals surface area contributed by atoms with Gasteiger partial charge in [0.25, 0.3) is 0 Å². The van der Waals surface area contributed by atoms with Gasteiger partial charge in [0.15, 0.2) is 0 Å². The minimum Gasteiger partial charge on any atom is -0.496 e. The number of methoxy groups -OCH3 is 1. The van der Waals surface area contributed by atoms with Crippen LogP contribution in [0.25, 0.3) is 0 Å². The maximum atomic E-state index is 5.83. The first-order valence-corrected chi connectivity index (χ1v) is 6.02. The zero-order chi connectivity index (χ0) is 12.3. The molecule has 1 saturated heterocycles. The summed E-state index contributed by atoms with van der Waals surface area (Å²) in [6.45, 7) is 5.39. The van der Waals surface area contributed by atoms with Crippen LogP contribution in [0.5, 0.6) is 5.75 Å². The summed E-state index contributed by atoms with van der Waals surface area (Å²) in [4.78, 5) is 4.80. The Balaban J connectivity index is 0.00000162. The van der Waals surface area contributed by atoms with Crippen LogP contribution in [0.4, 0.5) is 5.69 Å². The van der Waals surface area contributed by atoms with Crippen LogP contribution in [0.15, 0.2) is 18.2 Å². The van der Waals surface area contributed by atoms with Crippen LogP contribution in [-0.4, -0.2) is 50.1 Å². The van der Waals surface area contributed by atoms with Crippen molar-refractivity contribution in [3.05, 3.63) is 23.8 Å². The molecule has 2 N–H and O–H groups in total. The maximum Gasteiger partial charge on any atom is 0.123 e. The van der Waals surface area contributed by atoms with Crippen molar-refractivity contribution in [1.29, 1.82) is 0 Å². The van der Waals surface area contributed by atoms with Crippen LogP contribution in [0, 0.1) is 0 Å². The molecule has 1 aromatic carbocycles. The monoisotopic (exact) mass is 271 g/mol. The third kappa shape index (κ3) is 3.77. The van der Waals surface area contributed by atoms with Crippen molar-refractivity contribution in [2.45, 2.75) is 6.54 Å². The number of rotatable bonds is 3. The minimum atomic E-state index is 0. The lowest BCUT2D eigenvalue weighted by molar-refractivity contribution is 0.147. The lowest BCUT2D eigenvalue weighted by Gasteiger charge is -2.32. The highest BCUT2D eigenvalue weighted by Gasteiger charge is 2.15. The van der Waals surface area contributed by atoms with Gasteiger partial charge in [-0.15, -0.1) is 12.4 Å². The van der Waals surface area contributed by atoms with Crippen LogP contribution in [0.3, 0.4) is 0 Å². The normalized spacial score (nSPS) is 17.2. The van der Waals surface area contributed by atoms with Gasteiger partial charge < -0.3 is 15.4 Å². The topological polar surface area (TPSA) is 41.7 Å². The third-order valence-electron chi connectivity index (χ3n) is 3.29. The number of hydrogen-bond donors (Lipinski definition) is 1. The number of benzene rings is 1. The molecule has 0 atom stereocenters. The Labute approximate surface area is 115 Å². The van der Waals surface area contributed by atoms with Gasteiger partial charge >= 0.3 is 0 Å². The van der Waals surface area contributed by atoms with Crippen molar-refractivity contribution >= 4 is 18.1 Å². The van der Waals surface area contributed by atoms with Crippen molar-refractivity contribution in [2.24, 2.45) is 0 Å². The van der Waals surface area contributed by atoms with Gasteiger partial charge in [-0.1, -0.05) is 0 Å². The highest BCUT2D eigenvalue weighted by Crippen LogP contribution is 2.23. The van der Waals surface area contributed by atoms with Crippen molar-refractivity contribution in [1.82, 2.24) is 9.80 Å². The molecule has 1 fully saturated rings. The molecule has 1 aromatic rings. The SMILES string of the molecule is COc1ccc(N)cc1CN1CCN(C)CC1.Cl. The fourth-order valence-corrected chi connectivity index (χ4v) is 2.17. The van der Waals surface area contributed by atoms with Gasteiger partial charge in [0.2, 0.25) is 0 Å². The highest BCUT2D eigenvalue weighted by molar-refractivity contribution is 5.85. The van der Waals surface area contributed by atoms with Crippen molar-refractivity contribution in [3.63, 3.8) is 0 Å². The fourth-order valence-electron chi connectivity index (χ4n) is 2.17. The van der Waals surface area contributed by atoms with E-state index in [4.69, 9.17) is 10.5 Å². The average molecular weight is 272 g/mol. The molecular formula is C13H22ClN3O. The Kier molecular flexibility index (Phi) is 5.72. The largest absolute Gasteiger partial charge is 0.496 e. The highest BCUT2D eigenvalue weighted by atomic mass is 35.5. The summed E-state index contributed by atoms with van der Waals surface area (Å²) < 4.78 is 5.37. The number of nitrogens with zero attached hydrogens (tertiary/aromatic N) is 2. The van der Waals surface area contributed by atoms with E-state index in [-0.39, 0.29) is 12.4 Å². The molecule has 102 valence electrons. The molecule has 0 amide bonds. The average Bonchev–Trinajstić information content (AvgIpc) is 2.32. The van der Waals surface area contributed by atoms with Gasteiger partial charge in [-0.25, -0.2) is 0 Å². The van der Waals surface area contributed by atoms with Gasteiger partial charge in [0.05, 0.1) is 7.11 Å². The first-order valence-electron chi connectivity index (χ1n) is 6.02. The Bertz CT molecular complexity index is 378. The van der Waals surface area contributed by atoms with Gasteiger partial charge in [-0.2, -0.15) is 0 Å². The van der Waals surface area contributed by atoms with E-state index in [0.717, 1.165) is 44.2 Å². The summed E-state index contributed by atoms with van der Waals surface area (Å²) in [7, 11) is 3.87. The molecule has 5 heteroatoms. The molecule has 0 unspecified atom stereocenters. The van der Waals surface area contributed by atoms with Crippen LogP contribution in [0.1, 0.15) is 5.56 Å². The molecule has 4 nitrogen and oxygen atoms in total. The molecular weight excluding hydrogens is 250 g/mol. The lowest BCUT2D eigenvalue weighted by Crippen LogP contribution is -2.43. The van der Waals surface area contributed by atoms with Gasteiger partial charge in [-0.05, 0) is 25.2 Å². The number of likely N-dealkylation sites (N-methyl/N-ethyl adjacent to an activating group) is 1. The predicted molar refractivity (Wildman–Crippen MR) is 77.4 cm³/mol. The molecule has 18 heavy (non-hydrogen) atoms. The second kappa shape index (κ2) is 6.83. The van der Waals surface area contributed by atoms with Gasteiger partial charge in [0.1, 0.15) is 5.75 Å². The third-order valence-corrected chi connectivity index (χ3v) is 3.29. The van der Waals surface area contributed by atoms with E-state index in [2.05, 4.69) is 16.8 Å². The molecule has 1 heterocycles. The van der Waals surface area contributed by atoms with E-state index in [1.807, 2.05) is 18.2 Å². The number of ether oxygens (including phenoxy) is 1. The molecule has 1 aliphatic heterocycles. The number of nitrogen functional groups attached to an aromatic ring is 1. The Morgan fingerprint density at radius 1 is 1.22 bits per heavy atom. The van der Waals surface area contributed by atoms with Gasteiger partial charge in [0, 0.05) is 44.0 Å². The zero-order valence-electron chi connectivity index (χ0n) is 11.1. The number of piperazine rings is 1. The first-order chi connectivity index (χ1) is 8.19. The summed E-state index contributed by atoms with van der Waals surface area (Å²) in [5, 5.41) is 0. The van der Waals surface area contributed by atoms with Gasteiger partial charge in [-0.3, -0.25) is 4.90 Å². The summed E-state index contributed by atoms with van der Waals surface area (Å²) in [6.07, 6.45) is 0. The number of anilines is 1. The van der Waals surface area contributed by atoms with E-state index in [9.17, 15) is 0 Å². The molecule has 0 saturated carbocycles. The van der Waals surface area contributed by atoms with Crippen LogP contribution < -0.4 is 10.5 Å². The van der Waals surface area contributed by atoms with E-state index < -0.39 is 0 Å². The zero-order valence-corrected chi connectivity index (χ0v) is 11.9. The molecule has 0 aromatic heterocycles. The van der Waals surface area contributed by atoms with E-state index in [1.54, 1.807) is 7.11 Å². The second-order valence-corrected chi connectivity index (χ2v) is 4.65. The molecule has 0 spiro atoms. The molecule has 2 rings (SSSR count).